The number of thiophene rings is 1. The summed E-state index contributed by atoms with van der Waals surface area (Å²) < 4.78 is 51.9. The van der Waals surface area contributed by atoms with Crippen LogP contribution < -0.4 is 10.5 Å². The summed E-state index contributed by atoms with van der Waals surface area (Å²) in [7, 11) is -2.72. The Hall–Kier alpha value is -4.56. The summed E-state index contributed by atoms with van der Waals surface area (Å²) in [4.78, 5) is 5.62. The quantitative estimate of drug-likeness (QED) is 0.135. The molecule has 258 valence electrons. The van der Waals surface area contributed by atoms with Crippen LogP contribution in [0.15, 0.2) is 63.3 Å². The van der Waals surface area contributed by atoms with E-state index in [9.17, 15) is 13.0 Å². The van der Waals surface area contributed by atoms with Crippen molar-refractivity contribution >= 4 is 38.2 Å². The Balaban J connectivity index is 0.000000514. The van der Waals surface area contributed by atoms with Gasteiger partial charge in [0.25, 0.3) is 0 Å². The van der Waals surface area contributed by atoms with Crippen LogP contribution >= 0.6 is 11.3 Å². The van der Waals surface area contributed by atoms with Crippen LogP contribution in [0.5, 0.6) is 5.75 Å². The zero-order valence-electron chi connectivity index (χ0n) is 28.7. The molecule has 6 aromatic rings. The average molecular weight is 704 g/mol. The topological polar surface area (TPSA) is 156 Å². The lowest BCUT2D eigenvalue weighted by molar-refractivity contribution is 0.134. The molecule has 4 aromatic heterocycles. The minimum atomic E-state index is -4.37. The van der Waals surface area contributed by atoms with E-state index in [0.29, 0.717) is 31.1 Å². The number of nitrogen functional groups attached to an aromatic ring is 1. The van der Waals surface area contributed by atoms with Crippen LogP contribution in [0.3, 0.4) is 0 Å². The van der Waals surface area contributed by atoms with Gasteiger partial charge in [0.1, 0.15) is 17.2 Å². The summed E-state index contributed by atoms with van der Waals surface area (Å²) in [5.74, 6) is 2.06. The highest BCUT2D eigenvalue weighted by molar-refractivity contribution is 7.88. The predicted molar refractivity (Wildman–Crippen MR) is 193 cm³/mol. The molecule has 0 amide bonds. The molecule has 0 atom stereocenters. The van der Waals surface area contributed by atoms with E-state index in [2.05, 4.69) is 18.1 Å². The Bertz CT molecular complexity index is 2180. The van der Waals surface area contributed by atoms with Crippen LogP contribution in [0.25, 0.3) is 33.3 Å². The van der Waals surface area contributed by atoms with Crippen molar-refractivity contribution in [3.05, 3.63) is 93.3 Å². The molecule has 0 radical (unpaired) electrons. The Labute approximate surface area is 290 Å². The van der Waals surface area contributed by atoms with Gasteiger partial charge in [-0.25, -0.2) is 0 Å². The Morgan fingerprint density at radius 1 is 1.00 bits per heavy atom. The summed E-state index contributed by atoms with van der Waals surface area (Å²) in [5, 5.41) is 9.59. The second-order valence-electron chi connectivity index (χ2n) is 11.6. The van der Waals surface area contributed by atoms with Crippen molar-refractivity contribution in [1.29, 1.82) is 0 Å². The van der Waals surface area contributed by atoms with Gasteiger partial charge in [0, 0.05) is 44.9 Å². The van der Waals surface area contributed by atoms with Crippen molar-refractivity contribution < 1.29 is 27.0 Å². The van der Waals surface area contributed by atoms with E-state index in [4.69, 9.17) is 29.8 Å². The van der Waals surface area contributed by atoms with E-state index in [1.54, 1.807) is 13.2 Å². The van der Waals surface area contributed by atoms with Crippen molar-refractivity contribution in [3.8, 4) is 28.1 Å². The maximum atomic E-state index is 12.1. The zero-order chi connectivity index (χ0) is 35.5. The SMILES string of the molecule is CCOCc1cc(Cn2nc(-c3ccc(OC)cc3)c3c(C)nc(CC)cc32)ccc1-c1cc(C)sc1S(=O)(=O)O.Cc1onc(N)c1C. The van der Waals surface area contributed by atoms with Gasteiger partial charge in [-0.1, -0.05) is 30.3 Å². The smallest absolute Gasteiger partial charge is 0.304 e. The fourth-order valence-electron chi connectivity index (χ4n) is 5.51. The number of hydrogen-bond donors (Lipinski definition) is 2. The molecule has 3 N–H and O–H groups in total. The molecule has 0 saturated heterocycles. The molecule has 0 aliphatic heterocycles. The second kappa shape index (κ2) is 14.9. The largest absolute Gasteiger partial charge is 0.497 e. The molecule has 0 aliphatic carbocycles. The number of nitrogens with two attached hydrogens (primary N) is 1. The zero-order valence-corrected chi connectivity index (χ0v) is 30.3. The first-order chi connectivity index (χ1) is 23.3. The summed E-state index contributed by atoms with van der Waals surface area (Å²) in [5.41, 5.74) is 14.0. The molecule has 4 heterocycles. The second-order valence-corrected chi connectivity index (χ2v) is 14.5. The molecule has 6 rings (SSSR count). The van der Waals surface area contributed by atoms with Gasteiger partial charge in [0.2, 0.25) is 0 Å². The maximum Gasteiger partial charge on any atom is 0.304 e. The third-order valence-corrected chi connectivity index (χ3v) is 10.6. The van der Waals surface area contributed by atoms with Gasteiger partial charge in [0.15, 0.2) is 10.0 Å². The Morgan fingerprint density at radius 2 is 1.73 bits per heavy atom. The van der Waals surface area contributed by atoms with E-state index in [1.807, 2.05) is 81.8 Å². The number of ether oxygens (including phenoxy) is 2. The number of aryl methyl sites for hydroxylation is 4. The third kappa shape index (κ3) is 7.86. The van der Waals surface area contributed by atoms with Crippen LogP contribution in [-0.4, -0.2) is 46.6 Å². The third-order valence-electron chi connectivity index (χ3n) is 8.20. The number of aromatic nitrogens is 4. The lowest BCUT2D eigenvalue weighted by Crippen LogP contribution is -2.05. The first-order valence-corrected chi connectivity index (χ1v) is 18.1. The van der Waals surface area contributed by atoms with Gasteiger partial charge in [-0.2, -0.15) is 13.5 Å². The minimum absolute atomic E-state index is 0.0576. The van der Waals surface area contributed by atoms with Crippen LogP contribution in [0.2, 0.25) is 0 Å². The standard InChI is InChI=1S/C31H33N3O5S2.C5H8N2O/c1-6-24-16-28-29(20(4)32-24)30(22-9-11-25(38-5)12-10-22)33-34(28)17-21-8-13-26(23(15-21)18-39-7-2)27-14-19(3)40-31(27)41(35,36)37;1-3-4(2)8-7-5(3)6/h8-16H,6-7,17-18H2,1-5H3,(H,35,36,37);1-2H3,(H2,6,7). The highest BCUT2D eigenvalue weighted by Gasteiger charge is 2.23. The van der Waals surface area contributed by atoms with Crippen LogP contribution in [-0.2, 0) is 34.4 Å². The molecule has 13 heteroatoms. The first kappa shape index (κ1) is 35.7. The number of nitrogens with zero attached hydrogens (tertiary/aromatic N) is 4. The number of fused-ring (bicyclic) bond motifs is 1. The molecule has 0 fully saturated rings. The lowest BCUT2D eigenvalue weighted by Gasteiger charge is -2.13. The van der Waals surface area contributed by atoms with Crippen molar-refractivity contribution in [1.82, 2.24) is 19.9 Å². The average Bonchev–Trinajstić information content (AvgIpc) is 3.75. The number of pyridine rings is 1. The highest BCUT2D eigenvalue weighted by atomic mass is 32.3. The fourth-order valence-corrected chi connectivity index (χ4v) is 7.52. The maximum absolute atomic E-state index is 12.1. The molecule has 0 unspecified atom stereocenters. The molecule has 49 heavy (non-hydrogen) atoms. The molecular formula is C36H41N5O6S2. The minimum Gasteiger partial charge on any atom is -0.497 e. The summed E-state index contributed by atoms with van der Waals surface area (Å²) in [6.45, 7) is 12.9. The number of methoxy groups -OCH3 is 1. The van der Waals surface area contributed by atoms with E-state index in [1.165, 1.54) is 0 Å². The van der Waals surface area contributed by atoms with E-state index in [-0.39, 0.29) is 4.21 Å². The number of hydrogen-bond acceptors (Lipinski definition) is 10. The van der Waals surface area contributed by atoms with Gasteiger partial charge < -0.3 is 19.7 Å². The van der Waals surface area contributed by atoms with Crippen molar-refractivity contribution in [2.75, 3.05) is 19.5 Å². The summed E-state index contributed by atoms with van der Waals surface area (Å²) >= 11 is 1.06. The predicted octanol–water partition coefficient (Wildman–Crippen LogP) is 7.72. The molecule has 0 aliphatic rings. The van der Waals surface area contributed by atoms with Gasteiger partial charge in [0.05, 0.1) is 25.8 Å². The monoisotopic (exact) mass is 703 g/mol. The highest BCUT2D eigenvalue weighted by Crippen LogP contribution is 2.38. The van der Waals surface area contributed by atoms with Gasteiger partial charge in [-0.05, 0) is 94.1 Å². The molecular weight excluding hydrogens is 663 g/mol. The molecule has 0 bridgehead atoms. The van der Waals surface area contributed by atoms with Gasteiger partial charge >= 0.3 is 10.1 Å². The van der Waals surface area contributed by atoms with Gasteiger partial charge in [-0.15, -0.1) is 11.3 Å². The molecule has 2 aromatic carbocycles. The number of benzene rings is 2. The Kier molecular flexibility index (Phi) is 10.9. The lowest BCUT2D eigenvalue weighted by atomic mass is 9.99. The van der Waals surface area contributed by atoms with E-state index >= 15 is 0 Å². The van der Waals surface area contributed by atoms with Crippen molar-refractivity contribution in [3.63, 3.8) is 0 Å². The van der Waals surface area contributed by atoms with Crippen LogP contribution in [0.1, 0.15) is 52.6 Å². The van der Waals surface area contributed by atoms with E-state index in [0.717, 1.165) is 89.9 Å². The number of rotatable bonds is 10. The molecule has 11 nitrogen and oxygen atoms in total. The van der Waals surface area contributed by atoms with Crippen LogP contribution in [0, 0.1) is 27.7 Å². The fraction of sp³-hybridized carbons (Fsp3) is 0.306. The first-order valence-electron chi connectivity index (χ1n) is 15.8. The Morgan fingerprint density at radius 3 is 2.31 bits per heavy atom. The van der Waals surface area contributed by atoms with Crippen molar-refractivity contribution in [2.24, 2.45) is 0 Å². The molecule has 0 saturated carbocycles. The summed E-state index contributed by atoms with van der Waals surface area (Å²) in [6.07, 6.45) is 0.809. The van der Waals surface area contributed by atoms with Gasteiger partial charge in [-0.3, -0.25) is 14.2 Å². The van der Waals surface area contributed by atoms with Crippen molar-refractivity contribution in [2.45, 2.75) is 65.3 Å². The molecule has 0 spiro atoms. The number of anilines is 1. The summed E-state index contributed by atoms with van der Waals surface area (Å²) in [6, 6.07) is 17.7. The van der Waals surface area contributed by atoms with Crippen LogP contribution in [0.4, 0.5) is 5.82 Å². The van der Waals surface area contributed by atoms with E-state index < -0.39 is 10.1 Å². The normalized spacial score (nSPS) is 11.5.